The summed E-state index contributed by atoms with van der Waals surface area (Å²) in [5, 5.41) is 2.70. The minimum Gasteiger partial charge on any atom is -0.324 e. The van der Waals surface area contributed by atoms with Crippen molar-refractivity contribution in [2.75, 3.05) is 18.4 Å². The largest absolute Gasteiger partial charge is 0.324 e. The topological polar surface area (TPSA) is 62.5 Å². The zero-order valence-electron chi connectivity index (χ0n) is 16.9. The van der Waals surface area contributed by atoms with E-state index in [1.165, 1.54) is 6.07 Å². The number of nitrogens with one attached hydrogen (secondary N) is 1. The number of amides is 2. The number of piperidine rings is 1. The van der Waals surface area contributed by atoms with Crippen LogP contribution in [0.1, 0.15) is 24.6 Å². The van der Waals surface area contributed by atoms with Crippen LogP contribution in [-0.2, 0) is 0 Å². The summed E-state index contributed by atoms with van der Waals surface area (Å²) in [6, 6.07) is 15.8. The zero-order chi connectivity index (χ0) is 21.2. The second-order valence-corrected chi connectivity index (χ2v) is 7.71. The van der Waals surface area contributed by atoms with Crippen LogP contribution in [0.5, 0.6) is 0 Å². The van der Waals surface area contributed by atoms with Crippen molar-refractivity contribution < 1.29 is 9.18 Å². The van der Waals surface area contributed by atoms with Gasteiger partial charge < -0.3 is 14.6 Å². The summed E-state index contributed by atoms with van der Waals surface area (Å²) in [5.74, 6) is 0.572. The molecule has 1 aliphatic rings. The van der Waals surface area contributed by atoms with Gasteiger partial charge in [-0.25, -0.2) is 14.2 Å². The molecule has 1 aliphatic heterocycles. The molecule has 0 saturated carbocycles. The third kappa shape index (κ3) is 3.74. The van der Waals surface area contributed by atoms with E-state index >= 15 is 0 Å². The second kappa shape index (κ2) is 8.18. The zero-order valence-corrected chi connectivity index (χ0v) is 16.9. The summed E-state index contributed by atoms with van der Waals surface area (Å²) in [6.45, 7) is 1.16. The molecule has 1 N–H and O–H groups in total. The monoisotopic (exact) mass is 415 g/mol. The predicted octanol–water partition coefficient (Wildman–Crippen LogP) is 4.95. The third-order valence-corrected chi connectivity index (χ3v) is 5.70. The van der Waals surface area contributed by atoms with E-state index in [2.05, 4.69) is 14.7 Å². The van der Waals surface area contributed by atoms with Crippen molar-refractivity contribution in [2.45, 2.75) is 18.8 Å². The fourth-order valence-electron chi connectivity index (χ4n) is 4.19. The van der Waals surface area contributed by atoms with Crippen LogP contribution >= 0.6 is 0 Å². The lowest BCUT2D eigenvalue weighted by atomic mass is 9.97. The number of likely N-dealkylation sites (tertiary alicyclic amines) is 1. The SMILES string of the molecule is O=C(Nc1ccccc1F)N1CCCC(c2nc(-c3cccnc3)c3ccccn23)C1. The Balaban J connectivity index is 1.43. The molecule has 1 fully saturated rings. The summed E-state index contributed by atoms with van der Waals surface area (Å²) in [5.41, 5.74) is 3.05. The smallest absolute Gasteiger partial charge is 0.321 e. The number of carbonyl (C=O) groups excluding carboxylic acids is 1. The Morgan fingerprint density at radius 2 is 1.97 bits per heavy atom. The number of urea groups is 1. The number of aromatic nitrogens is 3. The van der Waals surface area contributed by atoms with Crippen molar-refractivity contribution >= 4 is 17.2 Å². The number of anilines is 1. The average molecular weight is 415 g/mol. The number of benzene rings is 1. The Morgan fingerprint density at radius 3 is 2.81 bits per heavy atom. The molecule has 3 aromatic heterocycles. The molecule has 4 aromatic rings. The maximum absolute atomic E-state index is 13.9. The van der Waals surface area contributed by atoms with E-state index in [-0.39, 0.29) is 17.6 Å². The molecule has 0 aliphatic carbocycles. The molecule has 0 spiro atoms. The molecule has 4 heterocycles. The molecule has 7 heteroatoms. The molecule has 0 radical (unpaired) electrons. The first-order valence-corrected chi connectivity index (χ1v) is 10.4. The van der Waals surface area contributed by atoms with Crippen molar-refractivity contribution in [3.63, 3.8) is 0 Å². The van der Waals surface area contributed by atoms with Crippen LogP contribution in [0.25, 0.3) is 16.8 Å². The quantitative estimate of drug-likeness (QED) is 0.515. The first-order valence-electron chi connectivity index (χ1n) is 10.4. The van der Waals surface area contributed by atoms with Gasteiger partial charge in [0.25, 0.3) is 0 Å². The van der Waals surface area contributed by atoms with Gasteiger partial charge in [-0.1, -0.05) is 18.2 Å². The van der Waals surface area contributed by atoms with E-state index in [0.29, 0.717) is 13.1 Å². The van der Waals surface area contributed by atoms with E-state index in [9.17, 15) is 9.18 Å². The Morgan fingerprint density at radius 1 is 1.10 bits per heavy atom. The maximum Gasteiger partial charge on any atom is 0.321 e. The first-order chi connectivity index (χ1) is 15.2. The van der Waals surface area contributed by atoms with E-state index in [1.807, 2.05) is 42.7 Å². The van der Waals surface area contributed by atoms with Gasteiger partial charge >= 0.3 is 6.03 Å². The van der Waals surface area contributed by atoms with Crippen molar-refractivity contribution in [1.29, 1.82) is 0 Å². The van der Waals surface area contributed by atoms with Crippen LogP contribution in [0.3, 0.4) is 0 Å². The highest BCUT2D eigenvalue weighted by atomic mass is 19.1. The number of hydrogen-bond donors (Lipinski definition) is 1. The molecule has 1 unspecified atom stereocenters. The molecule has 1 aromatic carbocycles. The van der Waals surface area contributed by atoms with Gasteiger partial charge in [-0.05, 0) is 49.2 Å². The lowest BCUT2D eigenvalue weighted by Crippen LogP contribution is -2.42. The number of carbonyl (C=O) groups is 1. The van der Waals surface area contributed by atoms with Gasteiger partial charge in [0.15, 0.2) is 0 Å². The van der Waals surface area contributed by atoms with Crippen LogP contribution in [-0.4, -0.2) is 38.4 Å². The lowest BCUT2D eigenvalue weighted by molar-refractivity contribution is 0.191. The Hall–Kier alpha value is -3.74. The minimum absolute atomic E-state index is 0.0837. The van der Waals surface area contributed by atoms with Gasteiger partial charge in [0, 0.05) is 43.2 Å². The van der Waals surface area contributed by atoms with Crippen LogP contribution in [0.15, 0.2) is 73.2 Å². The molecule has 2 amide bonds. The summed E-state index contributed by atoms with van der Waals surface area (Å²) in [4.78, 5) is 23.8. The van der Waals surface area contributed by atoms with Crippen molar-refractivity contribution in [3.05, 3.63) is 84.8 Å². The number of pyridine rings is 2. The van der Waals surface area contributed by atoms with Crippen LogP contribution < -0.4 is 5.32 Å². The number of imidazole rings is 1. The molecule has 1 saturated heterocycles. The summed E-state index contributed by atoms with van der Waals surface area (Å²) in [7, 11) is 0. The number of fused-ring (bicyclic) bond motifs is 1. The fourth-order valence-corrected chi connectivity index (χ4v) is 4.19. The lowest BCUT2D eigenvalue weighted by Gasteiger charge is -2.32. The van der Waals surface area contributed by atoms with Gasteiger partial charge in [0.2, 0.25) is 0 Å². The fraction of sp³-hybridized carbons (Fsp3) is 0.208. The highest BCUT2D eigenvalue weighted by Crippen LogP contribution is 2.32. The summed E-state index contributed by atoms with van der Waals surface area (Å²) < 4.78 is 16.0. The number of halogens is 1. The van der Waals surface area contributed by atoms with E-state index in [4.69, 9.17) is 4.98 Å². The molecule has 156 valence electrons. The normalized spacial score (nSPS) is 16.4. The summed E-state index contributed by atoms with van der Waals surface area (Å²) in [6.07, 6.45) is 7.36. The highest BCUT2D eigenvalue weighted by Gasteiger charge is 2.29. The molecule has 5 rings (SSSR count). The van der Waals surface area contributed by atoms with Crippen molar-refractivity contribution in [3.8, 4) is 11.3 Å². The number of nitrogens with zero attached hydrogens (tertiary/aromatic N) is 4. The van der Waals surface area contributed by atoms with Crippen LogP contribution in [0.2, 0.25) is 0 Å². The highest BCUT2D eigenvalue weighted by molar-refractivity contribution is 5.89. The van der Waals surface area contributed by atoms with Gasteiger partial charge in [-0.2, -0.15) is 0 Å². The van der Waals surface area contributed by atoms with E-state index in [0.717, 1.165) is 35.4 Å². The van der Waals surface area contributed by atoms with Gasteiger partial charge in [-0.15, -0.1) is 0 Å². The van der Waals surface area contributed by atoms with E-state index in [1.54, 1.807) is 29.3 Å². The number of para-hydroxylation sites is 1. The maximum atomic E-state index is 13.9. The molecular weight excluding hydrogens is 393 g/mol. The predicted molar refractivity (Wildman–Crippen MR) is 117 cm³/mol. The average Bonchev–Trinajstić information content (AvgIpc) is 3.21. The number of hydrogen-bond acceptors (Lipinski definition) is 3. The number of rotatable bonds is 3. The summed E-state index contributed by atoms with van der Waals surface area (Å²) >= 11 is 0. The van der Waals surface area contributed by atoms with Crippen molar-refractivity contribution in [2.24, 2.45) is 0 Å². The van der Waals surface area contributed by atoms with Gasteiger partial charge in [0.1, 0.15) is 11.6 Å². The minimum atomic E-state index is -0.440. The first kappa shape index (κ1) is 19.2. The second-order valence-electron chi connectivity index (χ2n) is 7.71. The Kier molecular flexibility index (Phi) is 5.08. The van der Waals surface area contributed by atoms with Crippen molar-refractivity contribution in [1.82, 2.24) is 19.3 Å². The Bertz CT molecular complexity index is 1220. The third-order valence-electron chi connectivity index (χ3n) is 5.70. The van der Waals surface area contributed by atoms with E-state index < -0.39 is 5.82 Å². The molecule has 31 heavy (non-hydrogen) atoms. The molecule has 1 atom stereocenters. The van der Waals surface area contributed by atoms with Gasteiger partial charge in [0.05, 0.1) is 16.9 Å². The molecular formula is C24H22FN5O. The standard InChI is InChI=1S/C24H22FN5O/c25-19-9-1-2-10-20(19)27-24(31)29-13-6-8-18(16-29)23-28-22(17-7-5-12-26-15-17)21-11-3-4-14-30(21)23/h1-5,7,9-12,14-15,18H,6,8,13,16H2,(H,27,31). The molecule has 6 nitrogen and oxygen atoms in total. The van der Waals surface area contributed by atoms with Crippen LogP contribution in [0, 0.1) is 5.82 Å². The molecule has 0 bridgehead atoms. The van der Waals surface area contributed by atoms with Gasteiger partial charge in [-0.3, -0.25) is 4.98 Å². The van der Waals surface area contributed by atoms with Crippen LogP contribution in [0.4, 0.5) is 14.9 Å². The Labute approximate surface area is 179 Å².